The number of benzene rings is 1. The summed E-state index contributed by atoms with van der Waals surface area (Å²) >= 11 is 0. The molecule has 0 atom stereocenters. The van der Waals surface area contributed by atoms with Crippen molar-refractivity contribution in [3.05, 3.63) is 35.6 Å². The molecule has 1 rings (SSSR count). The van der Waals surface area contributed by atoms with Crippen LogP contribution >= 0.6 is 0 Å². The third kappa shape index (κ3) is 4.91. The van der Waals surface area contributed by atoms with E-state index in [-0.39, 0.29) is 5.82 Å². The highest BCUT2D eigenvalue weighted by atomic mass is 19.1. The summed E-state index contributed by atoms with van der Waals surface area (Å²) in [7, 11) is 0. The van der Waals surface area contributed by atoms with Crippen molar-refractivity contribution in [1.29, 1.82) is 0 Å². The zero-order chi connectivity index (χ0) is 10.9. The molecule has 0 heterocycles. The topological polar surface area (TPSA) is 38.0 Å². The highest BCUT2D eigenvalue weighted by Crippen LogP contribution is 2.05. The van der Waals surface area contributed by atoms with Crippen LogP contribution in [0.4, 0.5) is 4.39 Å². The van der Waals surface area contributed by atoms with E-state index in [4.69, 9.17) is 5.73 Å². The maximum atomic E-state index is 13.2. The summed E-state index contributed by atoms with van der Waals surface area (Å²) in [6.45, 7) is 2.53. The molecule has 0 aliphatic rings. The van der Waals surface area contributed by atoms with Gasteiger partial charge in [0, 0.05) is 0 Å². The first-order valence-corrected chi connectivity index (χ1v) is 5.49. The van der Waals surface area contributed by atoms with Crippen LogP contribution in [-0.2, 0) is 6.42 Å². The number of nitrogens with one attached hydrogen (secondary N) is 1. The molecule has 0 bridgehead atoms. The minimum absolute atomic E-state index is 0.110. The zero-order valence-electron chi connectivity index (χ0n) is 9.01. The van der Waals surface area contributed by atoms with Crippen molar-refractivity contribution in [2.75, 3.05) is 19.6 Å². The smallest absolute Gasteiger partial charge is 0.126 e. The second-order valence-electron chi connectivity index (χ2n) is 3.59. The Hall–Kier alpha value is -0.930. The summed E-state index contributed by atoms with van der Waals surface area (Å²) in [5.74, 6) is -0.110. The molecule has 3 N–H and O–H groups in total. The second kappa shape index (κ2) is 7.37. The molecule has 2 nitrogen and oxygen atoms in total. The van der Waals surface area contributed by atoms with E-state index in [1.807, 2.05) is 12.1 Å². The van der Waals surface area contributed by atoms with Crippen LogP contribution in [-0.4, -0.2) is 19.6 Å². The lowest BCUT2D eigenvalue weighted by atomic mass is 10.1. The van der Waals surface area contributed by atoms with Gasteiger partial charge in [0.15, 0.2) is 0 Å². The molecule has 0 aliphatic heterocycles. The van der Waals surface area contributed by atoms with Gasteiger partial charge in [0.1, 0.15) is 5.82 Å². The summed E-state index contributed by atoms with van der Waals surface area (Å²) in [5.41, 5.74) is 6.16. The molecule has 1 aromatic rings. The SMILES string of the molecule is NCCCCNCCc1ccccc1F. The largest absolute Gasteiger partial charge is 0.330 e. The van der Waals surface area contributed by atoms with Gasteiger partial charge in [0.25, 0.3) is 0 Å². The van der Waals surface area contributed by atoms with E-state index in [9.17, 15) is 4.39 Å². The van der Waals surface area contributed by atoms with Crippen molar-refractivity contribution in [3.63, 3.8) is 0 Å². The third-order valence-corrected chi connectivity index (χ3v) is 2.34. The van der Waals surface area contributed by atoms with Crippen LogP contribution in [0.2, 0.25) is 0 Å². The fourth-order valence-corrected chi connectivity index (χ4v) is 1.44. The van der Waals surface area contributed by atoms with E-state index in [0.29, 0.717) is 0 Å². The minimum atomic E-state index is -0.110. The van der Waals surface area contributed by atoms with E-state index in [0.717, 1.165) is 44.5 Å². The monoisotopic (exact) mass is 210 g/mol. The Labute approximate surface area is 90.7 Å². The fraction of sp³-hybridized carbons (Fsp3) is 0.500. The van der Waals surface area contributed by atoms with Gasteiger partial charge in [-0.05, 0) is 50.5 Å². The van der Waals surface area contributed by atoms with Crippen molar-refractivity contribution >= 4 is 0 Å². The summed E-state index contributed by atoms with van der Waals surface area (Å²) in [6.07, 6.45) is 2.88. The maximum absolute atomic E-state index is 13.2. The number of rotatable bonds is 7. The summed E-state index contributed by atoms with van der Waals surface area (Å²) in [6, 6.07) is 6.92. The van der Waals surface area contributed by atoms with E-state index < -0.39 is 0 Å². The van der Waals surface area contributed by atoms with Crippen LogP contribution in [0.15, 0.2) is 24.3 Å². The van der Waals surface area contributed by atoms with Crippen LogP contribution in [0.5, 0.6) is 0 Å². The molecule has 0 amide bonds. The van der Waals surface area contributed by atoms with Crippen LogP contribution in [0.1, 0.15) is 18.4 Å². The van der Waals surface area contributed by atoms with Crippen molar-refractivity contribution in [3.8, 4) is 0 Å². The van der Waals surface area contributed by atoms with Gasteiger partial charge in [-0.15, -0.1) is 0 Å². The number of hydrogen-bond donors (Lipinski definition) is 2. The molecule has 0 spiro atoms. The molecule has 15 heavy (non-hydrogen) atoms. The first kappa shape index (κ1) is 12.1. The van der Waals surface area contributed by atoms with Crippen molar-refractivity contribution in [2.45, 2.75) is 19.3 Å². The first-order valence-electron chi connectivity index (χ1n) is 5.49. The lowest BCUT2D eigenvalue weighted by molar-refractivity contribution is 0.589. The number of halogens is 1. The van der Waals surface area contributed by atoms with Crippen LogP contribution in [0.3, 0.4) is 0 Å². The van der Waals surface area contributed by atoms with Crippen molar-refractivity contribution in [1.82, 2.24) is 5.32 Å². The molecular weight excluding hydrogens is 191 g/mol. The first-order chi connectivity index (χ1) is 7.34. The minimum Gasteiger partial charge on any atom is -0.330 e. The Morgan fingerprint density at radius 2 is 1.93 bits per heavy atom. The average molecular weight is 210 g/mol. The van der Waals surface area contributed by atoms with Gasteiger partial charge in [0.2, 0.25) is 0 Å². The average Bonchev–Trinajstić information content (AvgIpc) is 2.25. The van der Waals surface area contributed by atoms with Gasteiger partial charge >= 0.3 is 0 Å². The predicted molar refractivity (Wildman–Crippen MR) is 61.3 cm³/mol. The van der Waals surface area contributed by atoms with Gasteiger partial charge in [-0.3, -0.25) is 0 Å². The summed E-state index contributed by atoms with van der Waals surface area (Å²) in [4.78, 5) is 0. The standard InChI is InChI=1S/C12H19FN2/c13-12-6-2-1-5-11(12)7-10-15-9-4-3-8-14/h1-2,5-6,15H,3-4,7-10,14H2. The number of unbranched alkanes of at least 4 members (excludes halogenated alkanes) is 1. The molecule has 3 heteroatoms. The quantitative estimate of drug-likeness (QED) is 0.672. The lowest BCUT2D eigenvalue weighted by Gasteiger charge is -2.05. The number of nitrogens with two attached hydrogens (primary N) is 1. The van der Waals surface area contributed by atoms with Crippen LogP contribution in [0, 0.1) is 5.82 Å². The highest BCUT2D eigenvalue weighted by molar-refractivity contribution is 5.17. The molecular formula is C12H19FN2. The van der Waals surface area contributed by atoms with Gasteiger partial charge < -0.3 is 11.1 Å². The Balaban J connectivity index is 2.12. The highest BCUT2D eigenvalue weighted by Gasteiger charge is 1.98. The van der Waals surface area contributed by atoms with E-state index in [1.54, 1.807) is 6.07 Å². The van der Waals surface area contributed by atoms with E-state index in [1.165, 1.54) is 6.07 Å². The molecule has 0 saturated carbocycles. The molecule has 0 aliphatic carbocycles. The lowest BCUT2D eigenvalue weighted by Crippen LogP contribution is -2.19. The van der Waals surface area contributed by atoms with Crippen LogP contribution in [0.25, 0.3) is 0 Å². The molecule has 0 saturated heterocycles. The molecule has 0 unspecified atom stereocenters. The fourth-order valence-electron chi connectivity index (χ4n) is 1.44. The van der Waals surface area contributed by atoms with Crippen molar-refractivity contribution < 1.29 is 4.39 Å². The summed E-state index contributed by atoms with van der Waals surface area (Å²) in [5, 5.41) is 3.27. The van der Waals surface area contributed by atoms with Crippen LogP contribution < -0.4 is 11.1 Å². The predicted octanol–water partition coefficient (Wildman–Crippen LogP) is 1.70. The Morgan fingerprint density at radius 3 is 2.67 bits per heavy atom. The summed E-state index contributed by atoms with van der Waals surface area (Å²) < 4.78 is 13.2. The van der Waals surface area contributed by atoms with Gasteiger partial charge in [-0.2, -0.15) is 0 Å². The maximum Gasteiger partial charge on any atom is 0.126 e. The normalized spacial score (nSPS) is 10.5. The van der Waals surface area contributed by atoms with Gasteiger partial charge in [0.05, 0.1) is 0 Å². The second-order valence-corrected chi connectivity index (χ2v) is 3.59. The van der Waals surface area contributed by atoms with Crippen molar-refractivity contribution in [2.24, 2.45) is 5.73 Å². The molecule has 0 aromatic heterocycles. The van der Waals surface area contributed by atoms with E-state index >= 15 is 0 Å². The molecule has 0 fully saturated rings. The molecule has 0 radical (unpaired) electrons. The number of hydrogen-bond acceptors (Lipinski definition) is 2. The van der Waals surface area contributed by atoms with E-state index in [2.05, 4.69) is 5.32 Å². The third-order valence-electron chi connectivity index (χ3n) is 2.34. The Bertz CT molecular complexity index is 276. The molecule has 1 aromatic carbocycles. The Kier molecular flexibility index (Phi) is 5.97. The zero-order valence-corrected chi connectivity index (χ0v) is 9.01. The molecule has 84 valence electrons. The van der Waals surface area contributed by atoms with Gasteiger partial charge in [-0.1, -0.05) is 18.2 Å². The Morgan fingerprint density at radius 1 is 1.13 bits per heavy atom. The van der Waals surface area contributed by atoms with Gasteiger partial charge in [-0.25, -0.2) is 4.39 Å².